The third kappa shape index (κ3) is 2.23. The van der Waals surface area contributed by atoms with Crippen molar-refractivity contribution in [2.75, 3.05) is 7.11 Å². The van der Waals surface area contributed by atoms with Crippen LogP contribution in [0.4, 0.5) is 0 Å². The molecule has 1 atom stereocenters. The Morgan fingerprint density at radius 3 is 2.85 bits per heavy atom. The van der Waals surface area contributed by atoms with Crippen molar-refractivity contribution in [3.63, 3.8) is 0 Å². The molecule has 0 fully saturated rings. The van der Waals surface area contributed by atoms with Gasteiger partial charge in [-0.2, -0.15) is 0 Å². The maximum absolute atomic E-state index is 8.97. The fourth-order valence-corrected chi connectivity index (χ4v) is 0.954. The minimum absolute atomic E-state index is 0.0578. The van der Waals surface area contributed by atoms with E-state index in [0.717, 1.165) is 5.56 Å². The SMILES string of the molecule is COC(C)c1ncc(C)c(CO)n1. The number of nitrogens with zero attached hydrogens (tertiary/aromatic N) is 2. The van der Waals surface area contributed by atoms with Gasteiger partial charge in [-0.3, -0.25) is 0 Å². The van der Waals surface area contributed by atoms with Crippen LogP contribution in [0.15, 0.2) is 6.20 Å². The van der Waals surface area contributed by atoms with Crippen LogP contribution in [0.25, 0.3) is 0 Å². The second-order valence-electron chi connectivity index (χ2n) is 2.89. The Balaban J connectivity index is 2.99. The predicted octanol–water partition coefficient (Wildman–Crippen LogP) is 0.985. The highest BCUT2D eigenvalue weighted by Gasteiger charge is 2.08. The van der Waals surface area contributed by atoms with E-state index < -0.39 is 0 Å². The van der Waals surface area contributed by atoms with E-state index >= 15 is 0 Å². The standard InChI is InChI=1S/C9H14N2O2/c1-6-4-10-9(7(2)13-3)11-8(6)5-12/h4,7,12H,5H2,1-3H3. The third-order valence-electron chi connectivity index (χ3n) is 1.96. The average Bonchev–Trinajstić information content (AvgIpc) is 2.17. The molecule has 0 bridgehead atoms. The van der Waals surface area contributed by atoms with Crippen LogP contribution in [-0.4, -0.2) is 22.2 Å². The van der Waals surface area contributed by atoms with E-state index in [1.807, 2.05) is 13.8 Å². The zero-order valence-corrected chi connectivity index (χ0v) is 8.11. The van der Waals surface area contributed by atoms with Crippen LogP contribution in [0.1, 0.15) is 30.1 Å². The van der Waals surface area contributed by atoms with Crippen molar-refractivity contribution >= 4 is 0 Å². The van der Waals surface area contributed by atoms with Gasteiger partial charge in [0.25, 0.3) is 0 Å². The monoisotopic (exact) mass is 182 g/mol. The summed E-state index contributed by atoms with van der Waals surface area (Å²) in [6, 6.07) is 0. The molecule has 0 aromatic carbocycles. The number of hydrogen-bond acceptors (Lipinski definition) is 4. The molecule has 1 N–H and O–H groups in total. The summed E-state index contributed by atoms with van der Waals surface area (Å²) in [5.74, 6) is 0.608. The highest BCUT2D eigenvalue weighted by molar-refractivity contribution is 5.15. The Hall–Kier alpha value is -1.00. The molecule has 0 aliphatic rings. The summed E-state index contributed by atoms with van der Waals surface area (Å²) in [6.07, 6.45) is 1.56. The molecule has 0 radical (unpaired) electrons. The Morgan fingerprint density at radius 2 is 2.31 bits per heavy atom. The molecule has 0 aliphatic carbocycles. The van der Waals surface area contributed by atoms with Gasteiger partial charge in [-0.25, -0.2) is 9.97 Å². The van der Waals surface area contributed by atoms with Crippen molar-refractivity contribution in [3.05, 3.63) is 23.3 Å². The summed E-state index contributed by atoms with van der Waals surface area (Å²) in [6.45, 7) is 3.68. The zero-order chi connectivity index (χ0) is 9.84. The Morgan fingerprint density at radius 1 is 1.62 bits per heavy atom. The number of aryl methyl sites for hydroxylation is 1. The van der Waals surface area contributed by atoms with Gasteiger partial charge < -0.3 is 9.84 Å². The average molecular weight is 182 g/mol. The largest absolute Gasteiger partial charge is 0.390 e. The molecule has 1 rings (SSSR count). The lowest BCUT2D eigenvalue weighted by Crippen LogP contribution is -2.06. The first kappa shape index (κ1) is 10.1. The lowest BCUT2D eigenvalue weighted by molar-refractivity contribution is 0.111. The first-order chi connectivity index (χ1) is 6.19. The number of rotatable bonds is 3. The van der Waals surface area contributed by atoms with Gasteiger partial charge in [-0.05, 0) is 19.4 Å². The van der Waals surface area contributed by atoms with Crippen LogP contribution < -0.4 is 0 Å². The summed E-state index contributed by atoms with van der Waals surface area (Å²) in [7, 11) is 1.60. The second kappa shape index (κ2) is 4.30. The smallest absolute Gasteiger partial charge is 0.157 e. The van der Waals surface area contributed by atoms with Gasteiger partial charge in [0.2, 0.25) is 0 Å². The molecular formula is C9H14N2O2. The molecule has 1 aromatic heterocycles. The van der Waals surface area contributed by atoms with Crippen LogP contribution in [0, 0.1) is 6.92 Å². The van der Waals surface area contributed by atoms with E-state index in [2.05, 4.69) is 9.97 Å². The molecule has 72 valence electrons. The van der Waals surface area contributed by atoms with Crippen LogP contribution in [-0.2, 0) is 11.3 Å². The van der Waals surface area contributed by atoms with Gasteiger partial charge in [0.05, 0.1) is 12.3 Å². The van der Waals surface area contributed by atoms with Crippen molar-refractivity contribution in [2.45, 2.75) is 26.6 Å². The molecule has 0 aliphatic heterocycles. The summed E-state index contributed by atoms with van der Waals surface area (Å²) < 4.78 is 5.07. The molecule has 4 heteroatoms. The minimum atomic E-state index is -0.133. The summed E-state index contributed by atoms with van der Waals surface area (Å²) in [5, 5.41) is 8.97. The van der Waals surface area contributed by atoms with Gasteiger partial charge >= 0.3 is 0 Å². The lowest BCUT2D eigenvalue weighted by Gasteiger charge is -2.09. The zero-order valence-electron chi connectivity index (χ0n) is 8.11. The van der Waals surface area contributed by atoms with E-state index in [1.165, 1.54) is 0 Å². The van der Waals surface area contributed by atoms with E-state index in [9.17, 15) is 0 Å². The van der Waals surface area contributed by atoms with E-state index in [0.29, 0.717) is 11.5 Å². The predicted molar refractivity (Wildman–Crippen MR) is 48.1 cm³/mol. The molecule has 13 heavy (non-hydrogen) atoms. The van der Waals surface area contributed by atoms with Gasteiger partial charge in [0.15, 0.2) is 5.82 Å². The number of aliphatic hydroxyl groups is 1. The minimum Gasteiger partial charge on any atom is -0.390 e. The van der Waals surface area contributed by atoms with Crippen molar-refractivity contribution in [2.24, 2.45) is 0 Å². The topological polar surface area (TPSA) is 55.2 Å². The molecule has 1 heterocycles. The van der Waals surface area contributed by atoms with Crippen molar-refractivity contribution in [1.82, 2.24) is 9.97 Å². The van der Waals surface area contributed by atoms with Crippen molar-refractivity contribution in [3.8, 4) is 0 Å². The highest BCUT2D eigenvalue weighted by Crippen LogP contribution is 2.12. The van der Waals surface area contributed by atoms with E-state index in [-0.39, 0.29) is 12.7 Å². The van der Waals surface area contributed by atoms with E-state index in [1.54, 1.807) is 13.3 Å². The number of aliphatic hydroxyl groups excluding tert-OH is 1. The third-order valence-corrected chi connectivity index (χ3v) is 1.96. The van der Waals surface area contributed by atoms with E-state index in [4.69, 9.17) is 9.84 Å². The summed E-state index contributed by atoms with van der Waals surface area (Å²) in [4.78, 5) is 8.29. The van der Waals surface area contributed by atoms with Crippen LogP contribution in [0.5, 0.6) is 0 Å². The van der Waals surface area contributed by atoms with Gasteiger partial charge in [0.1, 0.15) is 6.10 Å². The Kier molecular flexibility index (Phi) is 3.33. The molecule has 0 saturated carbocycles. The maximum atomic E-state index is 8.97. The fraction of sp³-hybridized carbons (Fsp3) is 0.556. The summed E-state index contributed by atoms with van der Waals surface area (Å²) in [5.41, 5.74) is 1.56. The number of ether oxygens (including phenoxy) is 1. The fourth-order valence-electron chi connectivity index (χ4n) is 0.954. The maximum Gasteiger partial charge on any atom is 0.157 e. The van der Waals surface area contributed by atoms with Gasteiger partial charge in [-0.15, -0.1) is 0 Å². The molecular weight excluding hydrogens is 168 g/mol. The molecule has 1 unspecified atom stereocenters. The van der Waals surface area contributed by atoms with Crippen LogP contribution in [0.3, 0.4) is 0 Å². The molecule has 1 aromatic rings. The lowest BCUT2D eigenvalue weighted by atomic mass is 10.2. The van der Waals surface area contributed by atoms with Crippen LogP contribution in [0.2, 0.25) is 0 Å². The van der Waals surface area contributed by atoms with Crippen molar-refractivity contribution in [1.29, 1.82) is 0 Å². The molecule has 0 spiro atoms. The quantitative estimate of drug-likeness (QED) is 0.757. The first-order valence-electron chi connectivity index (χ1n) is 4.15. The number of hydrogen-bond donors (Lipinski definition) is 1. The normalized spacial score (nSPS) is 12.9. The Bertz CT molecular complexity index is 289. The number of aromatic nitrogens is 2. The molecule has 0 amide bonds. The van der Waals surface area contributed by atoms with Gasteiger partial charge in [-0.1, -0.05) is 0 Å². The summed E-state index contributed by atoms with van der Waals surface area (Å²) >= 11 is 0. The second-order valence-corrected chi connectivity index (χ2v) is 2.89. The van der Waals surface area contributed by atoms with Gasteiger partial charge in [0, 0.05) is 13.3 Å². The number of methoxy groups -OCH3 is 1. The molecule has 0 saturated heterocycles. The van der Waals surface area contributed by atoms with Crippen LogP contribution >= 0.6 is 0 Å². The van der Waals surface area contributed by atoms with Crippen molar-refractivity contribution < 1.29 is 9.84 Å². The Labute approximate surface area is 77.6 Å². The first-order valence-corrected chi connectivity index (χ1v) is 4.15. The highest BCUT2D eigenvalue weighted by atomic mass is 16.5. The molecule has 4 nitrogen and oxygen atoms in total.